The second-order valence-corrected chi connectivity index (χ2v) is 7.60. The Labute approximate surface area is 144 Å². The van der Waals surface area contributed by atoms with Crippen molar-refractivity contribution in [3.63, 3.8) is 0 Å². The van der Waals surface area contributed by atoms with Crippen LogP contribution >= 0.6 is 0 Å². The first-order valence-electron chi connectivity index (χ1n) is 8.54. The molecule has 2 amide bonds. The highest BCUT2D eigenvalue weighted by molar-refractivity contribution is 5.89. The number of rotatable bonds is 7. The van der Waals surface area contributed by atoms with Gasteiger partial charge >= 0.3 is 0 Å². The summed E-state index contributed by atoms with van der Waals surface area (Å²) in [5.74, 6) is -0.330. The molecule has 5 nitrogen and oxygen atoms in total. The molecule has 0 bridgehead atoms. The van der Waals surface area contributed by atoms with E-state index in [2.05, 4.69) is 5.32 Å². The average molecular weight is 332 g/mol. The predicted molar refractivity (Wildman–Crippen MR) is 93.1 cm³/mol. The third kappa shape index (κ3) is 5.34. The van der Waals surface area contributed by atoms with E-state index in [1.165, 1.54) is 0 Å². The van der Waals surface area contributed by atoms with Gasteiger partial charge in [-0.05, 0) is 24.3 Å². The lowest BCUT2D eigenvalue weighted by molar-refractivity contribution is -0.129. The number of likely N-dealkylation sites (tertiary alicyclic amines) is 1. The molecule has 1 fully saturated rings. The third-order valence-corrected chi connectivity index (χ3v) is 4.39. The molecule has 0 aliphatic carbocycles. The summed E-state index contributed by atoms with van der Waals surface area (Å²) in [7, 11) is 0. The van der Waals surface area contributed by atoms with Gasteiger partial charge in [-0.3, -0.25) is 9.59 Å². The van der Waals surface area contributed by atoms with E-state index in [0.29, 0.717) is 26.1 Å². The number of carbonyl (C=O) groups is 2. The van der Waals surface area contributed by atoms with Gasteiger partial charge in [-0.1, -0.05) is 44.2 Å². The zero-order valence-corrected chi connectivity index (χ0v) is 14.8. The minimum atomic E-state index is -0.397. The first kappa shape index (κ1) is 18.5. The highest BCUT2D eigenvalue weighted by Gasteiger charge is 2.34. The largest absolute Gasteiger partial charge is 0.393 e. The molecule has 1 aromatic carbocycles. The molecule has 1 aromatic rings. The molecule has 132 valence electrons. The molecule has 1 saturated heterocycles. The van der Waals surface area contributed by atoms with Gasteiger partial charge in [-0.25, -0.2) is 0 Å². The van der Waals surface area contributed by atoms with E-state index >= 15 is 0 Å². The van der Waals surface area contributed by atoms with Crippen LogP contribution in [0.2, 0.25) is 0 Å². The number of nitrogens with zero attached hydrogens (tertiary/aromatic N) is 1. The van der Waals surface area contributed by atoms with E-state index in [1.54, 1.807) is 11.8 Å². The smallest absolute Gasteiger partial charge is 0.225 e. The van der Waals surface area contributed by atoms with E-state index in [4.69, 9.17) is 0 Å². The van der Waals surface area contributed by atoms with Gasteiger partial charge in [0.25, 0.3) is 0 Å². The molecule has 0 aromatic heterocycles. The quantitative estimate of drug-likeness (QED) is 0.802. The van der Waals surface area contributed by atoms with Crippen molar-refractivity contribution in [3.05, 3.63) is 35.9 Å². The molecule has 2 rings (SSSR count). The fourth-order valence-corrected chi connectivity index (χ4v) is 3.25. The summed E-state index contributed by atoms with van der Waals surface area (Å²) in [6.45, 7) is 7.30. The summed E-state index contributed by atoms with van der Waals surface area (Å²) in [4.78, 5) is 26.3. The number of carbonyl (C=O) groups excluding carboxylic acids is 2. The summed E-state index contributed by atoms with van der Waals surface area (Å²) in [5, 5.41) is 12.5. The minimum Gasteiger partial charge on any atom is -0.393 e. The van der Waals surface area contributed by atoms with Crippen molar-refractivity contribution < 1.29 is 14.7 Å². The molecule has 0 spiro atoms. The van der Waals surface area contributed by atoms with Crippen molar-refractivity contribution in [2.75, 3.05) is 13.1 Å². The van der Waals surface area contributed by atoms with Gasteiger partial charge in [0.2, 0.25) is 11.8 Å². The van der Waals surface area contributed by atoms with Gasteiger partial charge in [0.1, 0.15) is 0 Å². The molecule has 0 saturated carbocycles. The monoisotopic (exact) mass is 332 g/mol. The van der Waals surface area contributed by atoms with Crippen LogP contribution in [0.25, 0.3) is 0 Å². The number of hydrogen-bond acceptors (Lipinski definition) is 3. The van der Waals surface area contributed by atoms with Crippen molar-refractivity contribution in [2.24, 2.45) is 11.3 Å². The van der Waals surface area contributed by atoms with Gasteiger partial charge in [0.05, 0.1) is 12.0 Å². The maximum absolute atomic E-state index is 12.4. The van der Waals surface area contributed by atoms with Crippen molar-refractivity contribution in [1.29, 1.82) is 0 Å². The standard InChI is InChI=1S/C19H28N2O3/c1-14(22)10-19(2,3)13-20-18(24)16-9-17(23)21(12-16)11-15-7-5-4-6-8-15/h4-8,14,16,22H,9-13H2,1-3H3,(H,20,24). The second kappa shape index (κ2) is 7.79. The summed E-state index contributed by atoms with van der Waals surface area (Å²) >= 11 is 0. The Hall–Kier alpha value is -1.88. The Kier molecular flexibility index (Phi) is 5.99. The van der Waals surface area contributed by atoms with Crippen molar-refractivity contribution in [3.8, 4) is 0 Å². The molecule has 2 atom stereocenters. The number of hydrogen-bond donors (Lipinski definition) is 2. The molecule has 2 N–H and O–H groups in total. The van der Waals surface area contributed by atoms with E-state index in [1.807, 2.05) is 44.2 Å². The highest BCUT2D eigenvalue weighted by Crippen LogP contribution is 2.23. The van der Waals surface area contributed by atoms with Crippen molar-refractivity contribution in [2.45, 2.75) is 46.3 Å². The molecule has 24 heavy (non-hydrogen) atoms. The van der Waals surface area contributed by atoms with Gasteiger partial charge in [-0.2, -0.15) is 0 Å². The van der Waals surface area contributed by atoms with E-state index in [0.717, 1.165) is 5.56 Å². The Morgan fingerprint density at radius 3 is 2.67 bits per heavy atom. The van der Waals surface area contributed by atoms with E-state index < -0.39 is 6.10 Å². The van der Waals surface area contributed by atoms with Crippen LogP contribution in [-0.2, 0) is 16.1 Å². The van der Waals surface area contributed by atoms with Crippen LogP contribution in [-0.4, -0.2) is 41.0 Å². The number of benzene rings is 1. The molecule has 1 aliphatic heterocycles. The third-order valence-electron chi connectivity index (χ3n) is 4.39. The molecule has 1 aliphatic rings. The topological polar surface area (TPSA) is 69.6 Å². The van der Waals surface area contributed by atoms with Crippen LogP contribution in [0.3, 0.4) is 0 Å². The molecular weight excluding hydrogens is 304 g/mol. The SMILES string of the molecule is CC(O)CC(C)(C)CNC(=O)C1CC(=O)N(Cc2ccccc2)C1. The van der Waals surface area contributed by atoms with Crippen LogP contribution in [0.1, 0.15) is 39.2 Å². The lowest BCUT2D eigenvalue weighted by Gasteiger charge is -2.27. The first-order valence-corrected chi connectivity index (χ1v) is 8.54. The van der Waals surface area contributed by atoms with Crippen LogP contribution in [0.15, 0.2) is 30.3 Å². The van der Waals surface area contributed by atoms with Gasteiger partial charge in [0, 0.05) is 26.1 Å². The Bertz CT molecular complexity index is 569. The predicted octanol–water partition coefficient (Wildman–Crippen LogP) is 1.95. The number of nitrogens with one attached hydrogen (secondary N) is 1. The number of amides is 2. The van der Waals surface area contributed by atoms with E-state index in [9.17, 15) is 14.7 Å². The minimum absolute atomic E-state index is 0.0299. The lowest BCUT2D eigenvalue weighted by Crippen LogP contribution is -2.39. The Morgan fingerprint density at radius 2 is 2.04 bits per heavy atom. The van der Waals surface area contributed by atoms with Gasteiger partial charge in [0.15, 0.2) is 0 Å². The fourth-order valence-electron chi connectivity index (χ4n) is 3.25. The molecule has 2 unspecified atom stereocenters. The number of aliphatic hydroxyl groups is 1. The normalized spacial score (nSPS) is 19.4. The van der Waals surface area contributed by atoms with Crippen molar-refractivity contribution in [1.82, 2.24) is 10.2 Å². The summed E-state index contributed by atoms with van der Waals surface area (Å²) in [5.41, 5.74) is 0.904. The summed E-state index contributed by atoms with van der Waals surface area (Å²) < 4.78 is 0. The van der Waals surface area contributed by atoms with Crippen LogP contribution in [0, 0.1) is 11.3 Å². The van der Waals surface area contributed by atoms with Crippen LogP contribution in [0.5, 0.6) is 0 Å². The Morgan fingerprint density at radius 1 is 1.38 bits per heavy atom. The zero-order valence-electron chi connectivity index (χ0n) is 14.8. The van der Waals surface area contributed by atoms with Gasteiger partial charge in [-0.15, -0.1) is 0 Å². The van der Waals surface area contributed by atoms with Gasteiger partial charge < -0.3 is 15.3 Å². The average Bonchev–Trinajstić information content (AvgIpc) is 2.86. The number of aliphatic hydroxyl groups excluding tert-OH is 1. The lowest BCUT2D eigenvalue weighted by atomic mass is 9.87. The van der Waals surface area contributed by atoms with Crippen LogP contribution in [0.4, 0.5) is 0 Å². The second-order valence-electron chi connectivity index (χ2n) is 7.60. The Balaban J connectivity index is 1.85. The molecule has 0 radical (unpaired) electrons. The summed E-state index contributed by atoms with van der Waals surface area (Å²) in [6.07, 6.45) is 0.498. The maximum Gasteiger partial charge on any atom is 0.225 e. The van der Waals surface area contributed by atoms with Crippen LogP contribution < -0.4 is 5.32 Å². The highest BCUT2D eigenvalue weighted by atomic mass is 16.3. The molecule has 1 heterocycles. The maximum atomic E-state index is 12.4. The van der Waals surface area contributed by atoms with E-state index in [-0.39, 0.29) is 29.6 Å². The zero-order chi connectivity index (χ0) is 17.7. The van der Waals surface area contributed by atoms with Crippen molar-refractivity contribution >= 4 is 11.8 Å². The molecule has 5 heteroatoms. The summed E-state index contributed by atoms with van der Waals surface area (Å²) in [6, 6.07) is 9.81. The molecular formula is C19H28N2O3. The fraction of sp³-hybridized carbons (Fsp3) is 0.579. The first-order chi connectivity index (χ1) is 11.3.